The first-order valence-corrected chi connectivity index (χ1v) is 8.89. The van der Waals surface area contributed by atoms with E-state index < -0.39 is 0 Å². The maximum atomic E-state index is 5.94. The van der Waals surface area contributed by atoms with Crippen LogP contribution < -0.4 is 0 Å². The monoisotopic (exact) mass is 325 g/mol. The molecule has 0 radical (unpaired) electrons. The molecule has 128 valence electrons. The van der Waals surface area contributed by atoms with Crippen molar-refractivity contribution in [3.8, 4) is 11.3 Å². The Morgan fingerprint density at radius 1 is 1.38 bits per heavy atom. The molecular formula is C20H27N3O. The molecule has 0 amide bonds. The van der Waals surface area contributed by atoms with Crippen LogP contribution >= 0.6 is 0 Å². The first kappa shape index (κ1) is 15.9. The third-order valence-corrected chi connectivity index (χ3v) is 5.96. The van der Waals surface area contributed by atoms with Gasteiger partial charge in [0.15, 0.2) is 0 Å². The van der Waals surface area contributed by atoms with E-state index in [1.54, 1.807) is 0 Å². The minimum atomic E-state index is 0.225. The Balaban J connectivity index is 1.55. The molecule has 24 heavy (non-hydrogen) atoms. The molecule has 1 aromatic carbocycles. The summed E-state index contributed by atoms with van der Waals surface area (Å²) in [5, 5.41) is 7.51. The van der Waals surface area contributed by atoms with Crippen LogP contribution in [0, 0.1) is 18.3 Å². The summed E-state index contributed by atoms with van der Waals surface area (Å²) in [4.78, 5) is 2.50. The number of benzene rings is 1. The first-order valence-electron chi connectivity index (χ1n) is 8.89. The lowest BCUT2D eigenvalue weighted by molar-refractivity contribution is -0.151. The lowest BCUT2D eigenvalue weighted by atomic mass is 9.57. The summed E-state index contributed by atoms with van der Waals surface area (Å²) in [6, 6.07) is 9.17. The zero-order valence-corrected chi connectivity index (χ0v) is 15.0. The molecular weight excluding hydrogens is 298 g/mol. The molecule has 1 saturated heterocycles. The molecule has 1 aliphatic heterocycles. The van der Waals surface area contributed by atoms with Gasteiger partial charge in [-0.2, -0.15) is 5.10 Å². The van der Waals surface area contributed by atoms with Gasteiger partial charge in [0.05, 0.1) is 18.0 Å². The molecule has 0 bridgehead atoms. The van der Waals surface area contributed by atoms with E-state index in [0.29, 0.717) is 18.1 Å². The normalized spacial score (nSPS) is 28.0. The van der Waals surface area contributed by atoms with Crippen LogP contribution in [0.5, 0.6) is 0 Å². The molecule has 2 aromatic rings. The molecule has 0 spiro atoms. The van der Waals surface area contributed by atoms with Gasteiger partial charge in [0.25, 0.3) is 0 Å². The number of nitrogens with one attached hydrogen (secondary N) is 1. The highest BCUT2D eigenvalue weighted by Crippen LogP contribution is 2.54. The largest absolute Gasteiger partial charge is 0.377 e. The fourth-order valence-electron chi connectivity index (χ4n) is 5.04. The fourth-order valence-corrected chi connectivity index (χ4v) is 5.04. The Kier molecular flexibility index (Phi) is 3.77. The summed E-state index contributed by atoms with van der Waals surface area (Å²) in [5.41, 5.74) is 5.12. The summed E-state index contributed by atoms with van der Waals surface area (Å²) >= 11 is 0. The second-order valence-corrected chi connectivity index (χ2v) is 8.06. The van der Waals surface area contributed by atoms with E-state index in [9.17, 15) is 0 Å². The molecule has 1 aliphatic carbocycles. The Hall–Kier alpha value is -1.65. The number of hydrogen-bond donors (Lipinski definition) is 1. The van der Waals surface area contributed by atoms with Crippen LogP contribution in [0.1, 0.15) is 31.4 Å². The molecule has 2 fully saturated rings. The van der Waals surface area contributed by atoms with Crippen molar-refractivity contribution in [1.82, 2.24) is 15.1 Å². The average Bonchev–Trinajstić information content (AvgIpc) is 3.15. The lowest BCUT2D eigenvalue weighted by Crippen LogP contribution is -2.65. The van der Waals surface area contributed by atoms with Gasteiger partial charge >= 0.3 is 0 Å². The van der Waals surface area contributed by atoms with Crippen molar-refractivity contribution in [3.63, 3.8) is 0 Å². The SMILES string of the molecule is Cc1cccc(-c2[nH]ncc2CN(C)[C@@H]2[C@@H]3CCO[C@H]3C2(C)C)c1. The van der Waals surface area contributed by atoms with Gasteiger partial charge in [0, 0.05) is 41.7 Å². The van der Waals surface area contributed by atoms with Gasteiger partial charge in [-0.3, -0.25) is 10.00 Å². The van der Waals surface area contributed by atoms with E-state index in [0.717, 1.165) is 18.8 Å². The Morgan fingerprint density at radius 3 is 3.00 bits per heavy atom. The highest BCUT2D eigenvalue weighted by molar-refractivity contribution is 5.63. The van der Waals surface area contributed by atoms with E-state index in [-0.39, 0.29) is 5.41 Å². The zero-order valence-electron chi connectivity index (χ0n) is 15.0. The Bertz CT molecular complexity index is 736. The molecule has 4 rings (SSSR count). The van der Waals surface area contributed by atoms with Crippen LogP contribution in [0.25, 0.3) is 11.3 Å². The second kappa shape index (κ2) is 5.71. The summed E-state index contributed by atoms with van der Waals surface area (Å²) in [7, 11) is 2.24. The predicted molar refractivity (Wildman–Crippen MR) is 95.6 cm³/mol. The van der Waals surface area contributed by atoms with Crippen LogP contribution in [-0.2, 0) is 11.3 Å². The van der Waals surface area contributed by atoms with Crippen molar-refractivity contribution in [2.24, 2.45) is 11.3 Å². The smallest absolute Gasteiger partial charge is 0.0695 e. The highest BCUT2D eigenvalue weighted by Gasteiger charge is 2.60. The summed E-state index contributed by atoms with van der Waals surface area (Å²) in [6.45, 7) is 8.65. The third-order valence-electron chi connectivity index (χ3n) is 5.96. The second-order valence-electron chi connectivity index (χ2n) is 8.06. The molecule has 4 nitrogen and oxygen atoms in total. The third kappa shape index (κ3) is 2.40. The van der Waals surface area contributed by atoms with Crippen molar-refractivity contribution in [1.29, 1.82) is 0 Å². The van der Waals surface area contributed by atoms with Gasteiger partial charge in [-0.05, 0) is 26.5 Å². The van der Waals surface area contributed by atoms with Gasteiger partial charge in [-0.15, -0.1) is 0 Å². The lowest BCUT2D eigenvalue weighted by Gasteiger charge is -2.58. The maximum Gasteiger partial charge on any atom is 0.0695 e. The topological polar surface area (TPSA) is 41.2 Å². The van der Waals surface area contributed by atoms with Crippen molar-refractivity contribution in [2.45, 2.75) is 45.9 Å². The van der Waals surface area contributed by atoms with E-state index in [4.69, 9.17) is 4.74 Å². The molecule has 0 unspecified atom stereocenters. The van der Waals surface area contributed by atoms with E-state index in [1.165, 1.54) is 23.1 Å². The zero-order chi connectivity index (χ0) is 16.9. The number of ether oxygens (including phenoxy) is 1. The Labute approximate surface area is 144 Å². The van der Waals surface area contributed by atoms with Crippen LogP contribution in [0.15, 0.2) is 30.5 Å². The standard InChI is InChI=1S/C20H27N3O/c1-13-6-5-7-14(10-13)17-15(11-21-22-17)12-23(4)18-16-8-9-24-19(16)20(18,2)3/h5-7,10-11,16,18-19H,8-9,12H2,1-4H3,(H,21,22)/t16-,18+,19+/m0/s1. The van der Waals surface area contributed by atoms with Gasteiger partial charge in [-0.1, -0.05) is 37.6 Å². The van der Waals surface area contributed by atoms with E-state index in [1.807, 2.05) is 6.20 Å². The number of nitrogens with zero attached hydrogens (tertiary/aromatic N) is 2. The number of rotatable bonds is 4. The number of fused-ring (bicyclic) bond motifs is 1. The van der Waals surface area contributed by atoms with Crippen LogP contribution in [-0.4, -0.2) is 40.9 Å². The quantitative estimate of drug-likeness (QED) is 0.933. The summed E-state index contributed by atoms with van der Waals surface area (Å²) in [6.07, 6.45) is 3.60. The number of H-pyrrole nitrogens is 1. The van der Waals surface area contributed by atoms with Crippen LogP contribution in [0.3, 0.4) is 0 Å². The van der Waals surface area contributed by atoms with Crippen LogP contribution in [0.4, 0.5) is 0 Å². The van der Waals surface area contributed by atoms with Gasteiger partial charge < -0.3 is 4.74 Å². The number of hydrogen-bond acceptors (Lipinski definition) is 3. The molecule has 1 saturated carbocycles. The molecule has 1 aromatic heterocycles. The van der Waals surface area contributed by atoms with Gasteiger partial charge in [0.1, 0.15) is 0 Å². The summed E-state index contributed by atoms with van der Waals surface area (Å²) in [5.74, 6) is 0.680. The van der Waals surface area contributed by atoms with E-state index >= 15 is 0 Å². The first-order chi connectivity index (χ1) is 11.5. The van der Waals surface area contributed by atoms with Gasteiger partial charge in [0.2, 0.25) is 0 Å². The number of aryl methyl sites for hydroxylation is 1. The maximum absolute atomic E-state index is 5.94. The molecule has 2 aliphatic rings. The molecule has 2 heterocycles. The van der Waals surface area contributed by atoms with Crippen LogP contribution in [0.2, 0.25) is 0 Å². The van der Waals surface area contributed by atoms with Gasteiger partial charge in [-0.25, -0.2) is 0 Å². The van der Waals surface area contributed by atoms with Crippen molar-refractivity contribution in [3.05, 3.63) is 41.6 Å². The van der Waals surface area contributed by atoms with E-state index in [2.05, 4.69) is 67.2 Å². The predicted octanol–water partition coefficient (Wildman–Crippen LogP) is 3.63. The highest BCUT2D eigenvalue weighted by atomic mass is 16.5. The van der Waals surface area contributed by atoms with Crippen molar-refractivity contribution in [2.75, 3.05) is 13.7 Å². The summed E-state index contributed by atoms with van der Waals surface area (Å²) < 4.78 is 5.94. The minimum absolute atomic E-state index is 0.225. The van der Waals surface area contributed by atoms with Crippen molar-refractivity contribution < 1.29 is 4.74 Å². The average molecular weight is 325 g/mol. The number of aromatic amines is 1. The fraction of sp³-hybridized carbons (Fsp3) is 0.550. The Morgan fingerprint density at radius 2 is 2.21 bits per heavy atom. The van der Waals surface area contributed by atoms with Crippen molar-refractivity contribution >= 4 is 0 Å². The molecule has 1 N–H and O–H groups in total. The molecule has 3 atom stereocenters. The molecule has 4 heteroatoms. The minimum Gasteiger partial charge on any atom is -0.377 e. The number of aromatic nitrogens is 2.